The van der Waals surface area contributed by atoms with Gasteiger partial charge in [-0.3, -0.25) is 0 Å². The lowest BCUT2D eigenvalue weighted by Crippen LogP contribution is -2.20. The summed E-state index contributed by atoms with van der Waals surface area (Å²) in [7, 11) is 0. The van der Waals surface area contributed by atoms with Crippen LogP contribution in [-0.2, 0) is 6.42 Å². The van der Waals surface area contributed by atoms with E-state index in [-0.39, 0.29) is 11.2 Å². The molecule has 0 saturated carbocycles. The van der Waals surface area contributed by atoms with Crippen molar-refractivity contribution in [2.45, 2.75) is 38.4 Å². The minimum Gasteiger partial charge on any atom is -0.206 e. The topological polar surface area (TPSA) is 0 Å². The van der Waals surface area contributed by atoms with Gasteiger partial charge in [-0.25, -0.2) is 4.39 Å². The van der Waals surface area contributed by atoms with Crippen LogP contribution in [0.15, 0.2) is 22.7 Å². The molecule has 1 atom stereocenters. The summed E-state index contributed by atoms with van der Waals surface area (Å²) in [5.74, 6) is -0.181. The van der Waals surface area contributed by atoms with Gasteiger partial charge in [0.05, 0.1) is 4.47 Å². The highest BCUT2D eigenvalue weighted by Crippen LogP contribution is 2.31. The third kappa shape index (κ3) is 3.85. The van der Waals surface area contributed by atoms with Crippen molar-refractivity contribution in [2.24, 2.45) is 5.41 Å². The van der Waals surface area contributed by atoms with Crippen LogP contribution in [0, 0.1) is 11.2 Å². The van der Waals surface area contributed by atoms with Crippen molar-refractivity contribution in [3.63, 3.8) is 0 Å². The molecule has 1 aromatic carbocycles. The smallest absolute Gasteiger partial charge is 0.137 e. The Kier molecular flexibility index (Phi) is 4.99. The fraction of sp³-hybridized carbons (Fsp3) is 0.538. The Balaban J connectivity index is 2.65. The molecule has 0 aliphatic carbocycles. The molecular weight excluding hydrogens is 335 g/mol. The molecule has 0 heterocycles. The lowest BCUT2D eigenvalue weighted by atomic mass is 9.89. The summed E-state index contributed by atoms with van der Waals surface area (Å²) in [6.07, 6.45) is 1.89. The number of hydrogen-bond donors (Lipinski definition) is 0. The number of aryl methyl sites for hydroxylation is 1. The van der Waals surface area contributed by atoms with Crippen molar-refractivity contribution in [3.05, 3.63) is 34.1 Å². The van der Waals surface area contributed by atoms with Gasteiger partial charge in [-0.2, -0.15) is 0 Å². The Hall–Kier alpha value is 0.110. The summed E-state index contributed by atoms with van der Waals surface area (Å²) in [5.41, 5.74) is 1.27. The maximum absolute atomic E-state index is 13.3. The van der Waals surface area contributed by atoms with E-state index >= 15 is 0 Å². The van der Waals surface area contributed by atoms with Crippen molar-refractivity contribution in [2.75, 3.05) is 0 Å². The van der Waals surface area contributed by atoms with Gasteiger partial charge in [-0.1, -0.05) is 48.8 Å². The molecule has 1 aromatic rings. The molecule has 16 heavy (non-hydrogen) atoms. The fourth-order valence-corrected chi connectivity index (χ4v) is 2.15. The van der Waals surface area contributed by atoms with Crippen LogP contribution in [0.3, 0.4) is 0 Å². The second-order valence-corrected chi connectivity index (χ2v) is 6.98. The van der Waals surface area contributed by atoms with Gasteiger partial charge in [0.25, 0.3) is 0 Å². The largest absolute Gasteiger partial charge is 0.206 e. The molecule has 0 bridgehead atoms. The zero-order valence-corrected chi connectivity index (χ0v) is 13.0. The number of benzene rings is 1. The highest BCUT2D eigenvalue weighted by molar-refractivity contribution is 9.10. The quantitative estimate of drug-likeness (QED) is 0.645. The third-order valence-corrected chi connectivity index (χ3v) is 5.36. The summed E-state index contributed by atoms with van der Waals surface area (Å²) in [6.45, 7) is 6.60. The van der Waals surface area contributed by atoms with Gasteiger partial charge in [0.1, 0.15) is 5.82 Å². The monoisotopic (exact) mass is 350 g/mol. The first-order valence-corrected chi connectivity index (χ1v) is 7.10. The summed E-state index contributed by atoms with van der Waals surface area (Å²) < 4.78 is 13.9. The molecule has 0 nitrogen and oxygen atoms in total. The Morgan fingerprint density at radius 1 is 1.31 bits per heavy atom. The lowest BCUT2D eigenvalue weighted by molar-refractivity contribution is 0.385. The number of hydrogen-bond acceptors (Lipinski definition) is 0. The fourth-order valence-electron chi connectivity index (χ4n) is 1.46. The molecular formula is C13H17Br2F. The van der Waals surface area contributed by atoms with Crippen LogP contribution in [0.2, 0.25) is 0 Å². The minimum absolute atomic E-state index is 0.181. The molecule has 0 fully saturated rings. The van der Waals surface area contributed by atoms with E-state index in [1.807, 2.05) is 6.07 Å². The minimum atomic E-state index is -0.181. The number of rotatable bonds is 3. The van der Waals surface area contributed by atoms with Gasteiger partial charge in [-0.05, 0) is 45.8 Å². The zero-order chi connectivity index (χ0) is 12.3. The van der Waals surface area contributed by atoms with Crippen molar-refractivity contribution >= 4 is 31.9 Å². The molecule has 0 N–H and O–H groups in total. The molecule has 0 saturated heterocycles. The van der Waals surface area contributed by atoms with Gasteiger partial charge in [-0.15, -0.1) is 0 Å². The van der Waals surface area contributed by atoms with Crippen LogP contribution in [-0.4, -0.2) is 4.83 Å². The first-order valence-electron chi connectivity index (χ1n) is 5.39. The molecule has 0 amide bonds. The van der Waals surface area contributed by atoms with Gasteiger partial charge in [0, 0.05) is 4.83 Å². The SMILES string of the molecule is CC(C)(C)C(Br)CCc1cccc(F)c1Br. The number of alkyl halides is 1. The Morgan fingerprint density at radius 3 is 2.50 bits per heavy atom. The van der Waals surface area contributed by atoms with Crippen molar-refractivity contribution in [3.8, 4) is 0 Å². The van der Waals surface area contributed by atoms with E-state index in [2.05, 4.69) is 52.6 Å². The summed E-state index contributed by atoms with van der Waals surface area (Å²) in [4.78, 5) is 0.440. The molecule has 3 heteroatoms. The van der Waals surface area contributed by atoms with E-state index in [4.69, 9.17) is 0 Å². The first kappa shape index (κ1) is 14.2. The van der Waals surface area contributed by atoms with Gasteiger partial charge in [0.15, 0.2) is 0 Å². The van der Waals surface area contributed by atoms with Crippen molar-refractivity contribution in [1.29, 1.82) is 0 Å². The highest BCUT2D eigenvalue weighted by Gasteiger charge is 2.21. The van der Waals surface area contributed by atoms with E-state index < -0.39 is 0 Å². The summed E-state index contributed by atoms with van der Waals surface area (Å²) in [6, 6.07) is 5.20. The van der Waals surface area contributed by atoms with Gasteiger partial charge in [0.2, 0.25) is 0 Å². The van der Waals surface area contributed by atoms with E-state index in [0.29, 0.717) is 9.30 Å². The second-order valence-electron chi connectivity index (χ2n) is 5.09. The van der Waals surface area contributed by atoms with E-state index in [9.17, 15) is 4.39 Å². The van der Waals surface area contributed by atoms with E-state index in [1.165, 1.54) is 6.07 Å². The maximum atomic E-state index is 13.3. The number of halogens is 3. The Morgan fingerprint density at radius 2 is 1.94 bits per heavy atom. The Bertz CT molecular complexity index is 355. The summed E-state index contributed by atoms with van der Waals surface area (Å²) >= 11 is 6.98. The molecule has 1 rings (SSSR count). The molecule has 1 unspecified atom stereocenters. The zero-order valence-electron chi connectivity index (χ0n) is 9.86. The molecule has 0 aliphatic rings. The van der Waals surface area contributed by atoms with Crippen LogP contribution in [0.1, 0.15) is 32.8 Å². The van der Waals surface area contributed by atoms with Crippen LogP contribution in [0.4, 0.5) is 4.39 Å². The Labute approximate surface area is 114 Å². The second kappa shape index (κ2) is 5.63. The normalized spacial score (nSPS) is 13.9. The van der Waals surface area contributed by atoms with Crippen LogP contribution < -0.4 is 0 Å². The predicted octanol–water partition coefficient (Wildman–Crippen LogP) is 5.33. The molecule has 0 aliphatic heterocycles. The van der Waals surface area contributed by atoms with E-state index in [1.54, 1.807) is 6.07 Å². The third-order valence-electron chi connectivity index (χ3n) is 2.64. The average molecular weight is 352 g/mol. The molecule has 0 aromatic heterocycles. The van der Waals surface area contributed by atoms with Gasteiger partial charge < -0.3 is 0 Å². The lowest BCUT2D eigenvalue weighted by Gasteiger charge is -2.25. The highest BCUT2D eigenvalue weighted by atomic mass is 79.9. The van der Waals surface area contributed by atoms with Crippen LogP contribution >= 0.6 is 31.9 Å². The van der Waals surface area contributed by atoms with Gasteiger partial charge >= 0.3 is 0 Å². The van der Waals surface area contributed by atoms with Crippen LogP contribution in [0.5, 0.6) is 0 Å². The molecule has 0 spiro atoms. The molecule has 0 radical (unpaired) electrons. The average Bonchev–Trinajstić information content (AvgIpc) is 2.18. The van der Waals surface area contributed by atoms with E-state index in [0.717, 1.165) is 18.4 Å². The summed E-state index contributed by atoms with van der Waals surface area (Å²) in [5, 5.41) is 0. The van der Waals surface area contributed by atoms with Crippen LogP contribution in [0.25, 0.3) is 0 Å². The van der Waals surface area contributed by atoms with Crippen molar-refractivity contribution in [1.82, 2.24) is 0 Å². The standard InChI is InChI=1S/C13H17Br2F/c1-13(2,3)11(14)8-7-9-5-4-6-10(16)12(9)15/h4-6,11H,7-8H2,1-3H3. The van der Waals surface area contributed by atoms with Crippen molar-refractivity contribution < 1.29 is 4.39 Å². The predicted molar refractivity (Wildman–Crippen MR) is 74.6 cm³/mol. The maximum Gasteiger partial charge on any atom is 0.137 e. The molecule has 90 valence electrons. The first-order chi connectivity index (χ1) is 7.32.